The van der Waals surface area contributed by atoms with Crippen molar-refractivity contribution < 1.29 is 19.1 Å². The van der Waals surface area contributed by atoms with E-state index in [0.29, 0.717) is 31.6 Å². The first-order valence-corrected chi connectivity index (χ1v) is 8.83. The molecule has 0 bridgehead atoms. The summed E-state index contributed by atoms with van der Waals surface area (Å²) in [6, 6.07) is 14.7. The molecule has 0 aliphatic rings. The van der Waals surface area contributed by atoms with E-state index in [9.17, 15) is 9.59 Å². The molecule has 6 nitrogen and oxygen atoms in total. The lowest BCUT2D eigenvalue weighted by atomic mass is 10.1. The Morgan fingerprint density at radius 2 is 1.59 bits per heavy atom. The second-order valence-electron chi connectivity index (χ2n) is 6.27. The third-order valence-electron chi connectivity index (χ3n) is 4.00. The van der Waals surface area contributed by atoms with Crippen LogP contribution in [0.4, 0.5) is 0 Å². The van der Waals surface area contributed by atoms with Crippen LogP contribution in [-0.2, 0) is 11.2 Å². The number of aryl methyl sites for hydroxylation is 1. The molecule has 0 saturated heterocycles. The minimum absolute atomic E-state index is 0.0261. The Bertz CT molecular complexity index is 740. The molecule has 27 heavy (non-hydrogen) atoms. The van der Waals surface area contributed by atoms with E-state index in [2.05, 4.69) is 5.32 Å². The topological polar surface area (TPSA) is 67.9 Å². The van der Waals surface area contributed by atoms with E-state index < -0.39 is 0 Å². The summed E-state index contributed by atoms with van der Waals surface area (Å²) < 4.78 is 10.7. The maximum absolute atomic E-state index is 11.9. The van der Waals surface area contributed by atoms with Gasteiger partial charge in [-0.3, -0.25) is 9.59 Å². The molecule has 0 spiro atoms. The molecular weight excluding hydrogens is 344 g/mol. The number of methoxy groups -OCH3 is 1. The molecule has 6 heteroatoms. The Labute approximate surface area is 160 Å². The summed E-state index contributed by atoms with van der Waals surface area (Å²) in [7, 11) is 5.06. The van der Waals surface area contributed by atoms with Crippen LogP contribution in [0.15, 0.2) is 48.5 Å². The van der Waals surface area contributed by atoms with Crippen LogP contribution in [0.5, 0.6) is 11.5 Å². The Morgan fingerprint density at radius 1 is 0.963 bits per heavy atom. The van der Waals surface area contributed by atoms with Crippen molar-refractivity contribution in [2.24, 2.45) is 0 Å². The predicted octanol–water partition coefficient (Wildman–Crippen LogP) is 2.52. The fourth-order valence-electron chi connectivity index (χ4n) is 2.45. The fraction of sp³-hybridized carbons (Fsp3) is 0.333. The molecular formula is C21H26N2O4. The summed E-state index contributed by atoms with van der Waals surface area (Å²) in [5, 5.41) is 2.84. The quantitative estimate of drug-likeness (QED) is 0.689. The highest BCUT2D eigenvalue weighted by Gasteiger charge is 2.08. The molecule has 2 aromatic rings. The normalized spacial score (nSPS) is 10.2. The number of ether oxygens (including phenoxy) is 2. The molecule has 2 amide bonds. The zero-order valence-electron chi connectivity index (χ0n) is 16.0. The van der Waals surface area contributed by atoms with E-state index in [1.165, 1.54) is 4.90 Å². The number of amides is 2. The zero-order valence-corrected chi connectivity index (χ0v) is 16.0. The van der Waals surface area contributed by atoms with Crippen LogP contribution in [0.2, 0.25) is 0 Å². The number of hydrogen-bond donors (Lipinski definition) is 1. The van der Waals surface area contributed by atoms with Crippen molar-refractivity contribution in [3.63, 3.8) is 0 Å². The van der Waals surface area contributed by atoms with Crippen LogP contribution in [-0.4, -0.2) is 51.1 Å². The minimum Gasteiger partial charge on any atom is -0.497 e. The first kappa shape index (κ1) is 20.3. The highest BCUT2D eigenvalue weighted by atomic mass is 16.5. The molecule has 0 saturated carbocycles. The largest absolute Gasteiger partial charge is 0.497 e. The summed E-state index contributed by atoms with van der Waals surface area (Å²) in [4.78, 5) is 25.3. The van der Waals surface area contributed by atoms with Gasteiger partial charge in [-0.2, -0.15) is 0 Å². The summed E-state index contributed by atoms with van der Waals surface area (Å²) in [6.45, 7) is 0.848. The Balaban J connectivity index is 1.66. The SMILES string of the molecule is COc1ccc(OCCNC(=O)CCc2ccc(C(=O)N(C)C)cc2)cc1. The molecule has 0 radical (unpaired) electrons. The van der Waals surface area contributed by atoms with Gasteiger partial charge in [0.25, 0.3) is 5.91 Å². The van der Waals surface area contributed by atoms with E-state index in [-0.39, 0.29) is 11.8 Å². The number of nitrogens with zero attached hydrogens (tertiary/aromatic N) is 1. The molecule has 144 valence electrons. The molecule has 0 unspecified atom stereocenters. The number of hydrogen-bond acceptors (Lipinski definition) is 4. The summed E-state index contributed by atoms with van der Waals surface area (Å²) in [5.41, 5.74) is 1.67. The Hall–Kier alpha value is -3.02. The van der Waals surface area contributed by atoms with Crippen molar-refractivity contribution in [3.8, 4) is 11.5 Å². The lowest BCUT2D eigenvalue weighted by Gasteiger charge is -2.10. The number of carbonyl (C=O) groups excluding carboxylic acids is 2. The van der Waals surface area contributed by atoms with Gasteiger partial charge in [-0.05, 0) is 48.4 Å². The third kappa shape index (κ3) is 6.66. The average Bonchev–Trinajstić information content (AvgIpc) is 2.70. The molecule has 0 aliphatic heterocycles. The van der Waals surface area contributed by atoms with Crippen molar-refractivity contribution in [3.05, 3.63) is 59.7 Å². The first-order valence-electron chi connectivity index (χ1n) is 8.83. The molecule has 0 fully saturated rings. The molecule has 0 aliphatic carbocycles. The second kappa shape index (κ2) is 10.2. The van der Waals surface area contributed by atoms with Crippen LogP contribution < -0.4 is 14.8 Å². The number of rotatable bonds is 9. The van der Waals surface area contributed by atoms with Gasteiger partial charge in [-0.1, -0.05) is 12.1 Å². The van der Waals surface area contributed by atoms with Gasteiger partial charge in [0.05, 0.1) is 13.7 Å². The average molecular weight is 370 g/mol. The number of benzene rings is 2. The highest BCUT2D eigenvalue weighted by Crippen LogP contribution is 2.16. The lowest BCUT2D eigenvalue weighted by Crippen LogP contribution is -2.28. The highest BCUT2D eigenvalue weighted by molar-refractivity contribution is 5.93. The lowest BCUT2D eigenvalue weighted by molar-refractivity contribution is -0.121. The first-order chi connectivity index (χ1) is 13.0. The Morgan fingerprint density at radius 3 is 2.19 bits per heavy atom. The van der Waals surface area contributed by atoms with Gasteiger partial charge in [0, 0.05) is 26.1 Å². The van der Waals surface area contributed by atoms with Gasteiger partial charge >= 0.3 is 0 Å². The van der Waals surface area contributed by atoms with Gasteiger partial charge in [0.2, 0.25) is 5.91 Å². The van der Waals surface area contributed by atoms with Crippen molar-refractivity contribution >= 4 is 11.8 Å². The number of nitrogens with one attached hydrogen (secondary N) is 1. The van der Waals surface area contributed by atoms with Crippen molar-refractivity contribution in [2.45, 2.75) is 12.8 Å². The smallest absolute Gasteiger partial charge is 0.253 e. The van der Waals surface area contributed by atoms with Gasteiger partial charge in [-0.25, -0.2) is 0 Å². The molecule has 0 atom stereocenters. The fourth-order valence-corrected chi connectivity index (χ4v) is 2.45. The van der Waals surface area contributed by atoms with E-state index in [0.717, 1.165) is 17.1 Å². The number of carbonyl (C=O) groups is 2. The summed E-state index contributed by atoms with van der Waals surface area (Å²) in [6.07, 6.45) is 1.02. The van der Waals surface area contributed by atoms with Crippen LogP contribution in [0, 0.1) is 0 Å². The van der Waals surface area contributed by atoms with E-state index in [1.807, 2.05) is 36.4 Å². The van der Waals surface area contributed by atoms with Gasteiger partial charge in [0.15, 0.2) is 0 Å². The standard InChI is InChI=1S/C21H26N2O4/c1-23(2)21(25)17-7-4-16(5-8-17)6-13-20(24)22-14-15-27-19-11-9-18(26-3)10-12-19/h4-5,7-12H,6,13-15H2,1-3H3,(H,22,24). The van der Waals surface area contributed by atoms with Crippen molar-refractivity contribution in [1.82, 2.24) is 10.2 Å². The Kier molecular flexibility index (Phi) is 7.67. The molecule has 0 aromatic heterocycles. The van der Waals surface area contributed by atoms with E-state index >= 15 is 0 Å². The van der Waals surface area contributed by atoms with Crippen molar-refractivity contribution in [2.75, 3.05) is 34.4 Å². The van der Waals surface area contributed by atoms with E-state index in [4.69, 9.17) is 9.47 Å². The van der Waals surface area contributed by atoms with Crippen LogP contribution >= 0.6 is 0 Å². The third-order valence-corrected chi connectivity index (χ3v) is 4.00. The summed E-state index contributed by atoms with van der Waals surface area (Å²) in [5.74, 6) is 1.45. The monoisotopic (exact) mass is 370 g/mol. The van der Waals surface area contributed by atoms with Gasteiger partial charge in [0.1, 0.15) is 18.1 Å². The maximum Gasteiger partial charge on any atom is 0.253 e. The van der Waals surface area contributed by atoms with Crippen LogP contribution in [0.25, 0.3) is 0 Å². The maximum atomic E-state index is 11.9. The molecule has 2 rings (SSSR count). The van der Waals surface area contributed by atoms with Gasteiger partial charge < -0.3 is 19.7 Å². The molecule has 0 heterocycles. The van der Waals surface area contributed by atoms with Crippen LogP contribution in [0.1, 0.15) is 22.3 Å². The summed E-state index contributed by atoms with van der Waals surface area (Å²) >= 11 is 0. The zero-order chi connectivity index (χ0) is 19.6. The molecule has 1 N–H and O–H groups in total. The van der Waals surface area contributed by atoms with Gasteiger partial charge in [-0.15, -0.1) is 0 Å². The van der Waals surface area contributed by atoms with E-state index in [1.54, 1.807) is 33.3 Å². The van der Waals surface area contributed by atoms with Crippen LogP contribution in [0.3, 0.4) is 0 Å². The molecule has 2 aromatic carbocycles. The minimum atomic E-state index is -0.0313. The van der Waals surface area contributed by atoms with Crippen molar-refractivity contribution in [1.29, 1.82) is 0 Å². The second-order valence-corrected chi connectivity index (χ2v) is 6.27. The predicted molar refractivity (Wildman–Crippen MR) is 104 cm³/mol.